The van der Waals surface area contributed by atoms with Crippen molar-refractivity contribution >= 4 is 59.7 Å². The lowest BCUT2D eigenvalue weighted by molar-refractivity contribution is -0.133. The van der Waals surface area contributed by atoms with Gasteiger partial charge in [-0.25, -0.2) is 47.9 Å². The van der Waals surface area contributed by atoms with Crippen LogP contribution in [0.15, 0.2) is 122 Å². The lowest BCUT2D eigenvalue weighted by Crippen LogP contribution is -2.37. The second-order valence-corrected chi connectivity index (χ2v) is 13.0. The summed E-state index contributed by atoms with van der Waals surface area (Å²) in [6, 6.07) is 0. The van der Waals surface area contributed by atoms with Crippen LogP contribution in [0.2, 0.25) is 0 Å². The van der Waals surface area contributed by atoms with Gasteiger partial charge in [0.05, 0.1) is 31.8 Å². The Morgan fingerprint density at radius 1 is 0.232 bits per heavy atom. The summed E-state index contributed by atoms with van der Waals surface area (Å²) in [6.45, 7) is 44.4. The molecule has 24 nitrogen and oxygen atoms in total. The van der Waals surface area contributed by atoms with Gasteiger partial charge < -0.3 is 71.5 Å². The summed E-state index contributed by atoms with van der Waals surface area (Å²) in [5.41, 5.74) is 0.648. The van der Waals surface area contributed by atoms with Crippen molar-refractivity contribution in [1.82, 2.24) is 0 Å². The highest BCUT2D eigenvalue weighted by molar-refractivity contribution is 5.87. The van der Waals surface area contributed by atoms with Crippen molar-refractivity contribution in [1.29, 1.82) is 0 Å². The van der Waals surface area contributed by atoms with Gasteiger partial charge in [0.15, 0.2) is 0 Å². The molecule has 0 fully saturated rings. The van der Waals surface area contributed by atoms with Gasteiger partial charge in [-0.1, -0.05) is 65.8 Å². The van der Waals surface area contributed by atoms with E-state index in [1.807, 2.05) is 0 Å². The van der Waals surface area contributed by atoms with Crippen LogP contribution >= 0.6 is 0 Å². The van der Waals surface area contributed by atoms with E-state index in [9.17, 15) is 47.9 Å². The molecule has 0 heterocycles. The smallest absolute Gasteiger partial charge is 0.330 e. The fourth-order valence-electron chi connectivity index (χ4n) is 0.300. The van der Waals surface area contributed by atoms with Gasteiger partial charge in [-0.05, 0) is 69.2 Å². The van der Waals surface area contributed by atoms with Gasteiger partial charge in [0.1, 0.15) is 0 Å². The minimum Gasteiger partial charge on any atom is -0.478 e. The normalized spacial score (nSPS) is 8.09. The summed E-state index contributed by atoms with van der Waals surface area (Å²) in [5, 5.41) is 113. The number of hydrogen-bond acceptors (Lipinski definition) is 14. The molecule has 0 radical (unpaired) electrons. The number of carboxylic acids is 10. The number of aliphatic carboxylic acids is 10. The Morgan fingerprint density at radius 2 is 0.275 bits per heavy atom. The molecule has 0 aromatic carbocycles. The van der Waals surface area contributed by atoms with Crippen molar-refractivity contribution < 1.29 is 119 Å². The highest BCUT2D eigenvalue weighted by Gasteiger charge is 2.26. The molecule has 0 aromatic rings. The summed E-state index contributed by atoms with van der Waals surface area (Å²) in [6.07, 6.45) is 0. The lowest BCUT2D eigenvalue weighted by Gasteiger charge is -2.23. The Hall–Kier alpha value is -8.06. The first kappa shape index (κ1) is 87.8. The number of carboxylic acid groups (broad SMARTS) is 10. The van der Waals surface area contributed by atoms with Crippen LogP contribution in [0.3, 0.4) is 0 Å². The molecule has 0 aliphatic carbocycles. The second-order valence-electron chi connectivity index (χ2n) is 13.0. The third kappa shape index (κ3) is 104. The third-order valence-corrected chi connectivity index (χ3v) is 4.99. The fraction of sp³-hybridized carbons (Fsp3) is 0.333. The molecule has 0 aromatic heterocycles. The van der Waals surface area contributed by atoms with E-state index in [1.165, 1.54) is 69.2 Å². The average Bonchev–Trinajstić information content (AvgIpc) is 3.21. The molecule has 14 N–H and O–H groups in total. The first-order chi connectivity index (χ1) is 30.7. The van der Waals surface area contributed by atoms with Crippen molar-refractivity contribution in [2.45, 2.75) is 69.2 Å². The van der Waals surface area contributed by atoms with Crippen molar-refractivity contribution in [2.75, 3.05) is 26.4 Å². The van der Waals surface area contributed by atoms with Crippen LogP contribution in [0.4, 0.5) is 0 Å². The molecule has 24 heteroatoms. The maximum Gasteiger partial charge on any atom is 0.330 e. The van der Waals surface area contributed by atoms with Crippen molar-refractivity contribution in [3.8, 4) is 0 Å². The number of rotatable bonds is 14. The lowest BCUT2D eigenvalue weighted by atomic mass is 9.93. The van der Waals surface area contributed by atoms with E-state index in [0.717, 1.165) is 0 Å². The second kappa shape index (κ2) is 54.3. The zero-order valence-electron chi connectivity index (χ0n) is 40.7. The number of carbonyl (C=O) groups is 10. The van der Waals surface area contributed by atoms with Crippen molar-refractivity contribution in [2.24, 2.45) is 5.41 Å². The fourth-order valence-corrected chi connectivity index (χ4v) is 0.300. The molecule has 0 rings (SSSR count). The van der Waals surface area contributed by atoms with Crippen LogP contribution in [-0.4, -0.2) is 158 Å². The van der Waals surface area contributed by atoms with Crippen LogP contribution in [0, 0.1) is 5.41 Å². The molecule has 0 bridgehead atoms. The van der Waals surface area contributed by atoms with Gasteiger partial charge in [-0.2, -0.15) is 0 Å². The number of aliphatic hydroxyl groups excluding tert-OH is 4. The highest BCUT2D eigenvalue weighted by atomic mass is 16.4. The summed E-state index contributed by atoms with van der Waals surface area (Å²) >= 11 is 0. The summed E-state index contributed by atoms with van der Waals surface area (Å²) in [5.74, 6) is -9.35. The maximum absolute atomic E-state index is 9.60. The van der Waals surface area contributed by atoms with Gasteiger partial charge in [-0.3, -0.25) is 0 Å². The van der Waals surface area contributed by atoms with E-state index in [-0.39, 0.29) is 55.7 Å². The van der Waals surface area contributed by atoms with Crippen molar-refractivity contribution in [3.63, 3.8) is 0 Å². The highest BCUT2D eigenvalue weighted by Crippen LogP contribution is 2.11. The summed E-state index contributed by atoms with van der Waals surface area (Å²) < 4.78 is 0. The molecular formula is C45H72O24. The van der Waals surface area contributed by atoms with E-state index < -0.39 is 91.5 Å². The Kier molecular flexibility index (Phi) is 69.1. The average molecular weight is 997 g/mol. The van der Waals surface area contributed by atoms with Crippen LogP contribution in [0.1, 0.15) is 69.2 Å². The predicted octanol–water partition coefficient (Wildman–Crippen LogP) is 4.41. The number of aliphatic hydroxyl groups is 4. The monoisotopic (exact) mass is 996 g/mol. The Bertz CT molecular complexity index is 1270. The van der Waals surface area contributed by atoms with Gasteiger partial charge in [-0.15, -0.1) is 0 Å². The SMILES string of the molecule is C=C(C)C(=O)O.C=C(C)C(=O)O.C=C(C)C(=O)O.C=C(C)C(=O)O.C=C(C)C(=O)O.C=C(C)C(=O)O.C=C(C)C(=O)O.C=C(C)C(=O)O.C=C(C)C(=O)O.C=C(C)C(=O)O.OCC(CO)(CO)CO. The minimum atomic E-state index is -1.11. The summed E-state index contributed by atoms with van der Waals surface area (Å²) in [7, 11) is 0. The molecule has 69 heavy (non-hydrogen) atoms. The zero-order valence-corrected chi connectivity index (χ0v) is 40.7. The third-order valence-electron chi connectivity index (χ3n) is 4.99. The van der Waals surface area contributed by atoms with Crippen LogP contribution in [0.5, 0.6) is 0 Å². The van der Waals surface area contributed by atoms with Crippen molar-refractivity contribution in [3.05, 3.63) is 122 Å². The topological polar surface area (TPSA) is 454 Å². The molecule has 0 spiro atoms. The molecule has 0 amide bonds. The Labute approximate surface area is 401 Å². The first-order valence-corrected chi connectivity index (χ1v) is 18.0. The van der Waals surface area contributed by atoms with Gasteiger partial charge in [0.25, 0.3) is 0 Å². The molecule has 0 aliphatic heterocycles. The van der Waals surface area contributed by atoms with Crippen LogP contribution < -0.4 is 0 Å². The van der Waals surface area contributed by atoms with E-state index in [0.29, 0.717) is 0 Å². The molecular weight excluding hydrogens is 924 g/mol. The molecule has 396 valence electrons. The van der Waals surface area contributed by atoms with Gasteiger partial charge in [0.2, 0.25) is 0 Å². The van der Waals surface area contributed by atoms with Crippen LogP contribution in [-0.2, 0) is 47.9 Å². The molecule has 0 saturated carbocycles. The molecule has 0 saturated heterocycles. The molecule has 0 atom stereocenters. The quantitative estimate of drug-likeness (QED) is 0.107. The van der Waals surface area contributed by atoms with Gasteiger partial charge >= 0.3 is 59.7 Å². The van der Waals surface area contributed by atoms with E-state index in [1.54, 1.807) is 0 Å². The molecule has 0 unspecified atom stereocenters. The van der Waals surface area contributed by atoms with E-state index in [2.05, 4.69) is 65.8 Å². The predicted molar refractivity (Wildman–Crippen MR) is 255 cm³/mol. The summed E-state index contributed by atoms with van der Waals surface area (Å²) in [4.78, 5) is 96.0. The maximum atomic E-state index is 9.60. The standard InChI is InChI=1S/C5H12O4.10C4H6O2/c6-1-5(2-7,3-8)4-9;10*1-3(2)4(5)6/h6-9H,1-4H2;10*1H2,2H3,(H,5,6). The zero-order chi connectivity index (χ0) is 58.9. The Morgan fingerprint density at radius 3 is 0.275 bits per heavy atom. The minimum absolute atomic E-state index is 0.176. The molecule has 0 aliphatic rings. The van der Waals surface area contributed by atoms with Gasteiger partial charge in [0, 0.05) is 55.7 Å². The van der Waals surface area contributed by atoms with E-state index >= 15 is 0 Å². The van der Waals surface area contributed by atoms with Crippen LogP contribution in [0.25, 0.3) is 0 Å². The Balaban J connectivity index is -0.0000000597. The van der Waals surface area contributed by atoms with E-state index in [4.69, 9.17) is 71.5 Å². The largest absolute Gasteiger partial charge is 0.478 e. The number of hydrogen-bond donors (Lipinski definition) is 14. The first-order valence-electron chi connectivity index (χ1n) is 18.0.